The minimum absolute atomic E-state index is 0.0791. The van der Waals surface area contributed by atoms with E-state index in [9.17, 15) is 9.18 Å². The van der Waals surface area contributed by atoms with Crippen molar-refractivity contribution in [1.82, 2.24) is 4.98 Å². The molecule has 0 atom stereocenters. The molecule has 0 aliphatic rings. The second-order valence-corrected chi connectivity index (χ2v) is 7.74. The number of para-hydroxylation sites is 1. The Labute approximate surface area is 184 Å². The number of nitrogens with zero attached hydrogens (tertiary/aromatic N) is 2. The van der Waals surface area contributed by atoms with Crippen LogP contribution in [-0.4, -0.2) is 24.0 Å². The van der Waals surface area contributed by atoms with E-state index in [4.69, 9.17) is 4.74 Å². The number of rotatable bonds is 8. The second-order valence-electron chi connectivity index (χ2n) is 6.90. The Bertz CT molecular complexity index is 1120. The minimum atomic E-state index is -0.295. The predicted molar refractivity (Wildman–Crippen MR) is 122 cm³/mol. The monoisotopic (exact) mass is 432 g/mol. The topological polar surface area (TPSA) is 42.4 Å². The number of hydrogen-bond donors (Lipinski definition) is 0. The first-order valence-electron chi connectivity index (χ1n) is 9.92. The standard InChI is InChI=1S/C25H21FN2O2S/c26-21-13-11-20(12-14-21)23-18-31-25(27-23)28(16-15-19-7-3-1-4-8-19)24(29)17-30-22-9-5-2-6-10-22/h1-14,18H,15-17H2. The number of ether oxygens (including phenoxy) is 1. The number of carbonyl (C=O) groups excluding carboxylic acids is 1. The van der Waals surface area contributed by atoms with Crippen molar-refractivity contribution in [2.75, 3.05) is 18.1 Å². The molecule has 0 spiro atoms. The molecule has 156 valence electrons. The van der Waals surface area contributed by atoms with Crippen LogP contribution in [-0.2, 0) is 11.2 Å². The van der Waals surface area contributed by atoms with Crippen molar-refractivity contribution < 1.29 is 13.9 Å². The lowest BCUT2D eigenvalue weighted by Crippen LogP contribution is -2.36. The van der Waals surface area contributed by atoms with Crippen LogP contribution in [0.15, 0.2) is 90.3 Å². The molecule has 3 aromatic carbocycles. The molecule has 4 nitrogen and oxygen atoms in total. The van der Waals surface area contributed by atoms with Gasteiger partial charge in [-0.3, -0.25) is 9.69 Å². The lowest BCUT2D eigenvalue weighted by Gasteiger charge is -2.20. The van der Waals surface area contributed by atoms with Gasteiger partial charge in [0.05, 0.1) is 5.69 Å². The summed E-state index contributed by atoms with van der Waals surface area (Å²) in [4.78, 5) is 19.4. The smallest absolute Gasteiger partial charge is 0.266 e. The van der Waals surface area contributed by atoms with Crippen molar-refractivity contribution in [1.29, 1.82) is 0 Å². The SMILES string of the molecule is O=C(COc1ccccc1)N(CCc1ccccc1)c1nc(-c2ccc(F)cc2)cs1. The normalized spacial score (nSPS) is 10.6. The Kier molecular flexibility index (Phi) is 6.69. The minimum Gasteiger partial charge on any atom is -0.484 e. The van der Waals surface area contributed by atoms with Crippen LogP contribution in [0.1, 0.15) is 5.56 Å². The van der Waals surface area contributed by atoms with Crippen molar-refractivity contribution in [2.45, 2.75) is 6.42 Å². The molecule has 0 fully saturated rings. The quantitative estimate of drug-likeness (QED) is 0.364. The van der Waals surface area contributed by atoms with Gasteiger partial charge < -0.3 is 4.74 Å². The molecule has 0 bridgehead atoms. The Morgan fingerprint density at radius 3 is 2.32 bits per heavy atom. The van der Waals surface area contributed by atoms with Crippen molar-refractivity contribution in [3.05, 3.63) is 102 Å². The van der Waals surface area contributed by atoms with Crippen LogP contribution in [0, 0.1) is 5.82 Å². The summed E-state index contributed by atoms with van der Waals surface area (Å²) in [6.07, 6.45) is 0.698. The fraction of sp³-hybridized carbons (Fsp3) is 0.120. The van der Waals surface area contributed by atoms with Crippen molar-refractivity contribution in [2.24, 2.45) is 0 Å². The summed E-state index contributed by atoms with van der Waals surface area (Å²) >= 11 is 1.39. The van der Waals surface area contributed by atoms with Crippen molar-refractivity contribution >= 4 is 22.4 Å². The molecule has 0 radical (unpaired) electrons. The van der Waals surface area contributed by atoms with Crippen LogP contribution in [0.2, 0.25) is 0 Å². The van der Waals surface area contributed by atoms with Gasteiger partial charge in [-0.15, -0.1) is 11.3 Å². The van der Waals surface area contributed by atoms with E-state index in [-0.39, 0.29) is 18.3 Å². The van der Waals surface area contributed by atoms with Gasteiger partial charge in [-0.25, -0.2) is 9.37 Å². The summed E-state index contributed by atoms with van der Waals surface area (Å²) < 4.78 is 18.9. The molecule has 6 heteroatoms. The zero-order valence-electron chi connectivity index (χ0n) is 16.8. The van der Waals surface area contributed by atoms with E-state index in [2.05, 4.69) is 4.98 Å². The highest BCUT2D eigenvalue weighted by Gasteiger charge is 2.20. The summed E-state index contributed by atoms with van der Waals surface area (Å²) in [6, 6.07) is 25.4. The summed E-state index contributed by atoms with van der Waals surface area (Å²) in [5.74, 6) is 0.182. The van der Waals surface area contributed by atoms with Crippen molar-refractivity contribution in [3.63, 3.8) is 0 Å². The number of amides is 1. The van der Waals surface area contributed by atoms with Gasteiger partial charge in [-0.2, -0.15) is 0 Å². The molecule has 31 heavy (non-hydrogen) atoms. The largest absolute Gasteiger partial charge is 0.484 e. The van der Waals surface area contributed by atoms with Crippen LogP contribution in [0.25, 0.3) is 11.3 Å². The second kappa shape index (κ2) is 10.00. The average molecular weight is 433 g/mol. The zero-order valence-corrected chi connectivity index (χ0v) is 17.6. The molecule has 1 aromatic heterocycles. The van der Waals surface area contributed by atoms with Gasteiger partial charge in [0.15, 0.2) is 11.7 Å². The summed E-state index contributed by atoms with van der Waals surface area (Å²) in [5, 5.41) is 2.47. The summed E-state index contributed by atoms with van der Waals surface area (Å²) in [6.45, 7) is 0.404. The van der Waals surface area contributed by atoms with E-state index in [0.29, 0.717) is 29.5 Å². The zero-order chi connectivity index (χ0) is 21.5. The Balaban J connectivity index is 1.52. The molecule has 4 aromatic rings. The summed E-state index contributed by atoms with van der Waals surface area (Å²) in [7, 11) is 0. The first kappa shape index (κ1) is 20.8. The van der Waals surface area contributed by atoms with Crippen LogP contribution in [0.3, 0.4) is 0 Å². The highest BCUT2D eigenvalue weighted by molar-refractivity contribution is 7.14. The van der Waals surface area contributed by atoms with Gasteiger partial charge >= 0.3 is 0 Å². The maximum absolute atomic E-state index is 13.2. The summed E-state index contributed by atoms with van der Waals surface area (Å²) in [5.41, 5.74) is 2.65. The molecule has 0 saturated carbocycles. The highest BCUT2D eigenvalue weighted by Crippen LogP contribution is 2.28. The predicted octanol–water partition coefficient (Wildman–Crippen LogP) is 5.60. The third-order valence-electron chi connectivity index (χ3n) is 4.74. The Morgan fingerprint density at radius 1 is 0.935 bits per heavy atom. The van der Waals surface area contributed by atoms with E-state index in [1.807, 2.05) is 66.0 Å². The van der Waals surface area contributed by atoms with Crippen LogP contribution in [0.5, 0.6) is 5.75 Å². The third-order valence-corrected chi connectivity index (χ3v) is 5.60. The molecule has 0 saturated heterocycles. The van der Waals surface area contributed by atoms with Gasteiger partial charge in [0, 0.05) is 17.5 Å². The molecular formula is C25H21FN2O2S. The van der Waals surface area contributed by atoms with E-state index in [0.717, 1.165) is 11.1 Å². The number of carbonyl (C=O) groups is 1. The molecule has 4 rings (SSSR count). The fourth-order valence-electron chi connectivity index (χ4n) is 3.09. The molecule has 0 aliphatic heterocycles. The molecule has 1 heterocycles. The third kappa shape index (κ3) is 5.55. The van der Waals surface area contributed by atoms with Gasteiger partial charge in [0.25, 0.3) is 5.91 Å². The number of aromatic nitrogens is 1. The lowest BCUT2D eigenvalue weighted by molar-refractivity contribution is -0.120. The maximum atomic E-state index is 13.2. The number of hydrogen-bond acceptors (Lipinski definition) is 4. The van der Waals surface area contributed by atoms with Gasteiger partial charge in [-0.1, -0.05) is 48.5 Å². The first-order chi connectivity index (χ1) is 15.2. The number of anilines is 1. The van der Waals surface area contributed by atoms with Gasteiger partial charge in [0.1, 0.15) is 11.6 Å². The number of halogens is 1. The van der Waals surface area contributed by atoms with Crippen LogP contribution >= 0.6 is 11.3 Å². The molecule has 0 unspecified atom stereocenters. The molecule has 0 aliphatic carbocycles. The highest BCUT2D eigenvalue weighted by atomic mass is 32.1. The first-order valence-corrected chi connectivity index (χ1v) is 10.8. The van der Waals surface area contributed by atoms with E-state index >= 15 is 0 Å². The molecule has 0 N–H and O–H groups in total. The van der Waals surface area contributed by atoms with Crippen LogP contribution in [0.4, 0.5) is 9.52 Å². The van der Waals surface area contributed by atoms with E-state index < -0.39 is 0 Å². The van der Waals surface area contributed by atoms with Crippen molar-refractivity contribution in [3.8, 4) is 17.0 Å². The fourth-order valence-corrected chi connectivity index (χ4v) is 3.97. The van der Waals surface area contributed by atoms with E-state index in [1.54, 1.807) is 17.0 Å². The average Bonchev–Trinajstić information content (AvgIpc) is 3.29. The maximum Gasteiger partial charge on any atom is 0.266 e. The molecular weight excluding hydrogens is 411 g/mol. The van der Waals surface area contributed by atoms with Crippen LogP contribution < -0.4 is 9.64 Å². The molecule has 1 amide bonds. The van der Waals surface area contributed by atoms with Gasteiger partial charge in [0.2, 0.25) is 0 Å². The number of benzene rings is 3. The lowest BCUT2D eigenvalue weighted by atomic mass is 10.1. The Hall–Kier alpha value is -3.51. The Morgan fingerprint density at radius 2 is 1.61 bits per heavy atom. The van der Waals surface area contributed by atoms with E-state index in [1.165, 1.54) is 23.5 Å². The van der Waals surface area contributed by atoms with Gasteiger partial charge in [-0.05, 0) is 48.4 Å². The number of thiazole rings is 1.